The summed E-state index contributed by atoms with van der Waals surface area (Å²) in [6.45, 7) is 9.44. The van der Waals surface area contributed by atoms with Gasteiger partial charge in [0, 0.05) is 0 Å². The van der Waals surface area contributed by atoms with Crippen molar-refractivity contribution in [1.29, 1.82) is 0 Å². The maximum absolute atomic E-state index is 2.36. The van der Waals surface area contributed by atoms with Gasteiger partial charge in [-0.25, -0.2) is 0 Å². The van der Waals surface area contributed by atoms with Crippen LogP contribution >= 0.6 is 7.26 Å². The summed E-state index contributed by atoms with van der Waals surface area (Å²) in [7, 11) is -0.879. The van der Waals surface area contributed by atoms with Crippen LogP contribution in [0, 0.1) is 0 Å². The smallest absolute Gasteiger partial charge is 0.0623 e. The van der Waals surface area contributed by atoms with Crippen molar-refractivity contribution >= 4 is 7.26 Å². The van der Waals surface area contributed by atoms with E-state index in [9.17, 15) is 0 Å². The van der Waals surface area contributed by atoms with Gasteiger partial charge in [-0.15, -0.1) is 0 Å². The second-order valence-electron chi connectivity index (χ2n) is 7.07. The van der Waals surface area contributed by atoms with Crippen LogP contribution in [0.2, 0.25) is 0 Å². The van der Waals surface area contributed by atoms with E-state index in [4.69, 9.17) is 0 Å². The van der Waals surface area contributed by atoms with Crippen molar-refractivity contribution in [3.05, 3.63) is 36.4 Å². The topological polar surface area (TPSA) is 0 Å². The van der Waals surface area contributed by atoms with Gasteiger partial charge in [0.25, 0.3) is 0 Å². The molecular formula is C22H43P. The molecule has 0 bridgehead atoms. The Morgan fingerprint density at radius 3 is 0.826 bits per heavy atom. The molecule has 0 radical (unpaired) electrons. The first kappa shape index (κ1) is 22.6. The van der Waals surface area contributed by atoms with Gasteiger partial charge in [-0.05, 0) is 0 Å². The van der Waals surface area contributed by atoms with Gasteiger partial charge in [-0.3, -0.25) is 0 Å². The van der Waals surface area contributed by atoms with E-state index in [1.165, 1.54) is 51.4 Å². The van der Waals surface area contributed by atoms with Crippen LogP contribution in [0.25, 0.3) is 0 Å². The van der Waals surface area contributed by atoms with Crippen LogP contribution in [0.5, 0.6) is 0 Å². The number of hydrogen-bond donors (Lipinski definition) is 0. The summed E-state index contributed by atoms with van der Waals surface area (Å²) in [5, 5.41) is 0. The number of rotatable bonds is 12. The van der Waals surface area contributed by atoms with Gasteiger partial charge in [0.05, 0.1) is 0 Å². The van der Waals surface area contributed by atoms with Crippen molar-refractivity contribution in [2.45, 2.75) is 79.1 Å². The van der Waals surface area contributed by atoms with Gasteiger partial charge >= 0.3 is 111 Å². The van der Waals surface area contributed by atoms with E-state index in [0.717, 1.165) is 0 Å². The molecule has 0 heterocycles. The van der Waals surface area contributed by atoms with Crippen molar-refractivity contribution < 1.29 is 0 Å². The first-order valence-corrected chi connectivity index (χ1v) is 13.1. The molecule has 1 rings (SSSR count). The monoisotopic (exact) mass is 338 g/mol. The van der Waals surface area contributed by atoms with Crippen molar-refractivity contribution in [2.24, 2.45) is 0 Å². The molecule has 136 valence electrons. The molecule has 0 spiro atoms. The van der Waals surface area contributed by atoms with Gasteiger partial charge < -0.3 is 0 Å². The minimum atomic E-state index is -0.879. The summed E-state index contributed by atoms with van der Waals surface area (Å²) >= 11 is 0. The van der Waals surface area contributed by atoms with E-state index in [2.05, 4.69) is 27.7 Å². The summed E-state index contributed by atoms with van der Waals surface area (Å²) in [6, 6.07) is 12.0. The molecule has 0 amide bonds. The molecule has 0 aliphatic heterocycles. The van der Waals surface area contributed by atoms with Gasteiger partial charge in [0.2, 0.25) is 0 Å². The average molecular weight is 339 g/mol. The molecule has 0 unspecified atom stereocenters. The molecule has 1 heteroatoms. The van der Waals surface area contributed by atoms with Crippen molar-refractivity contribution in [3.8, 4) is 0 Å². The summed E-state index contributed by atoms with van der Waals surface area (Å²) in [4.78, 5) is 0. The van der Waals surface area contributed by atoms with Gasteiger partial charge in [0.15, 0.2) is 0 Å². The normalized spacial score (nSPS) is 11.7. The Morgan fingerprint density at radius 1 is 0.435 bits per heavy atom. The fourth-order valence-electron chi connectivity index (χ4n) is 3.34. The Hall–Kier alpha value is -0.350. The Bertz CT molecular complexity index is 256. The van der Waals surface area contributed by atoms with Gasteiger partial charge in [-0.2, -0.15) is 0 Å². The Morgan fingerprint density at radius 2 is 0.652 bits per heavy atom. The molecule has 0 fully saturated rings. The molecule has 0 aromatic heterocycles. The van der Waals surface area contributed by atoms with Crippen LogP contribution in [0.15, 0.2) is 36.4 Å². The average Bonchev–Trinajstić information content (AvgIpc) is 2.62. The first-order valence-electron chi connectivity index (χ1n) is 10.2. The quantitative estimate of drug-likeness (QED) is 0.344. The predicted molar refractivity (Wildman–Crippen MR) is 114 cm³/mol. The maximum Gasteiger partial charge on any atom is -0.0623 e. The summed E-state index contributed by atoms with van der Waals surface area (Å²) in [5.74, 6) is 0. The molecule has 0 saturated heterocycles. The molecular weight excluding hydrogens is 295 g/mol. The van der Waals surface area contributed by atoms with Crippen LogP contribution in [0.3, 0.4) is 0 Å². The molecule has 0 aliphatic rings. The zero-order valence-electron chi connectivity index (χ0n) is 16.4. The summed E-state index contributed by atoms with van der Waals surface area (Å²) < 4.78 is 0. The molecule has 0 nitrogen and oxygen atoms in total. The Labute approximate surface area is 147 Å². The van der Waals surface area contributed by atoms with E-state index in [-0.39, 0.29) is 0 Å². The number of unbranched alkanes of at least 4 members (excludes halogenated alkanes) is 4. The van der Waals surface area contributed by atoms with E-state index in [1.807, 2.05) is 36.4 Å². The second-order valence-corrected chi connectivity index (χ2v) is 12.1. The van der Waals surface area contributed by atoms with Crippen LogP contribution in [-0.4, -0.2) is 24.6 Å². The van der Waals surface area contributed by atoms with E-state index in [1.54, 1.807) is 24.6 Å². The van der Waals surface area contributed by atoms with E-state index >= 15 is 0 Å². The number of benzene rings is 1. The third-order valence-corrected chi connectivity index (χ3v) is 10.6. The fraction of sp³-hybridized carbons (Fsp3) is 0.727. The molecule has 23 heavy (non-hydrogen) atoms. The Balaban J connectivity index is 0.000000664. The number of hydrogen-bond acceptors (Lipinski definition) is 0. The van der Waals surface area contributed by atoms with Gasteiger partial charge in [-0.1, -0.05) is 36.4 Å². The van der Waals surface area contributed by atoms with Crippen LogP contribution in [0.4, 0.5) is 0 Å². The zero-order valence-corrected chi connectivity index (χ0v) is 17.4. The molecule has 0 atom stereocenters. The van der Waals surface area contributed by atoms with Gasteiger partial charge in [0.1, 0.15) is 0 Å². The molecule has 0 N–H and O–H groups in total. The minimum absolute atomic E-state index is 0.879. The molecule has 0 saturated carbocycles. The fourth-order valence-corrected chi connectivity index (χ4v) is 9.26. The third kappa shape index (κ3) is 12.7. The third-order valence-electron chi connectivity index (χ3n) is 4.91. The molecule has 1 aromatic rings. The standard InChI is InChI=1S/C16H37P.C6H6/c1-5-9-13-17(14-10-6-2,15-11-7-3)16-12-8-4;1-2-4-6-5-3-1/h17H,5-16H2,1-4H3;1-6H. The second kappa shape index (κ2) is 16.5. The molecule has 0 aliphatic carbocycles. The van der Waals surface area contributed by atoms with E-state index in [0.29, 0.717) is 0 Å². The minimum Gasteiger partial charge on any atom is -0.0623 e. The molecule has 1 aromatic carbocycles. The summed E-state index contributed by atoms with van der Waals surface area (Å²) in [5.41, 5.74) is 0. The van der Waals surface area contributed by atoms with Crippen molar-refractivity contribution in [2.75, 3.05) is 24.6 Å². The largest absolute Gasteiger partial charge is 0.0623 e. The van der Waals surface area contributed by atoms with Crippen LogP contribution < -0.4 is 0 Å². The van der Waals surface area contributed by atoms with E-state index < -0.39 is 7.26 Å². The SMILES string of the molecule is CCCC[PH](CCCC)(CCCC)CCCC.c1ccccc1. The zero-order chi connectivity index (χ0) is 17.2. The van der Waals surface area contributed by atoms with Crippen LogP contribution in [0.1, 0.15) is 79.1 Å². The Kier molecular flexibility index (Phi) is 16.3. The summed E-state index contributed by atoms with van der Waals surface area (Å²) in [6.07, 6.45) is 18.1. The van der Waals surface area contributed by atoms with Crippen molar-refractivity contribution in [3.63, 3.8) is 0 Å². The van der Waals surface area contributed by atoms with Crippen molar-refractivity contribution in [1.82, 2.24) is 0 Å². The predicted octanol–water partition coefficient (Wildman–Crippen LogP) is 7.62. The van der Waals surface area contributed by atoms with Crippen LogP contribution in [-0.2, 0) is 0 Å². The first-order chi connectivity index (χ1) is 11.2. The maximum atomic E-state index is 2.36.